The van der Waals surface area contributed by atoms with Crippen LogP contribution in [0.15, 0.2) is 12.4 Å². The third kappa shape index (κ3) is 23.5. The Labute approximate surface area is 260 Å². The average Bonchev–Trinajstić information content (AvgIpc) is 3.37. The molecular weight excluding hydrogens is 496 g/mol. The summed E-state index contributed by atoms with van der Waals surface area (Å²) < 4.78 is 0. The van der Waals surface area contributed by atoms with E-state index in [-0.39, 0.29) is 0 Å². The van der Waals surface area contributed by atoms with Crippen LogP contribution in [0.3, 0.4) is 0 Å². The van der Waals surface area contributed by atoms with Crippen LogP contribution in [0.2, 0.25) is 0 Å². The lowest BCUT2D eigenvalue weighted by molar-refractivity contribution is 0.135. The Kier molecular flexibility index (Phi) is 28.8. The van der Waals surface area contributed by atoms with Gasteiger partial charge in [0.15, 0.2) is 0 Å². The molecule has 2 heteroatoms. The van der Waals surface area contributed by atoms with Crippen LogP contribution in [0, 0.1) is 0 Å². The van der Waals surface area contributed by atoms with Gasteiger partial charge < -0.3 is 9.80 Å². The molecule has 0 N–H and O–H groups in total. The molecule has 41 heavy (non-hydrogen) atoms. The second-order valence-electron chi connectivity index (χ2n) is 13.6. The Morgan fingerprint density at radius 1 is 0.317 bits per heavy atom. The van der Waals surface area contributed by atoms with Crippen molar-refractivity contribution in [1.82, 2.24) is 9.80 Å². The maximum atomic E-state index is 2.72. The van der Waals surface area contributed by atoms with Gasteiger partial charge in [0.2, 0.25) is 0 Å². The first kappa shape index (κ1) is 38.4. The smallest absolute Gasteiger partial charge is 0.101 e. The normalized spacial score (nSPS) is 15.0. The first-order valence-electron chi connectivity index (χ1n) is 19.5. The van der Waals surface area contributed by atoms with E-state index in [2.05, 4.69) is 43.0 Å². The summed E-state index contributed by atoms with van der Waals surface area (Å²) in [5.74, 6) is 0. The fourth-order valence-electron chi connectivity index (χ4n) is 6.72. The quantitative estimate of drug-likeness (QED) is 0.0719. The molecule has 1 unspecified atom stereocenters. The van der Waals surface area contributed by atoms with Gasteiger partial charge in [-0.15, -0.1) is 0 Å². The topological polar surface area (TPSA) is 6.48 Å². The first-order valence-corrected chi connectivity index (χ1v) is 19.5. The molecule has 0 radical (unpaired) electrons. The molecule has 0 bridgehead atoms. The van der Waals surface area contributed by atoms with E-state index in [1.54, 1.807) is 0 Å². The number of rotatable bonds is 33. The Bertz CT molecular complexity index is 530. The minimum Gasteiger partial charge on any atom is -0.356 e. The summed E-state index contributed by atoms with van der Waals surface area (Å²) in [5.41, 5.74) is 0. The van der Waals surface area contributed by atoms with Gasteiger partial charge in [-0.2, -0.15) is 0 Å². The van der Waals surface area contributed by atoms with Crippen LogP contribution in [-0.2, 0) is 0 Å². The van der Waals surface area contributed by atoms with E-state index in [9.17, 15) is 0 Å². The zero-order valence-corrected chi connectivity index (χ0v) is 29.0. The van der Waals surface area contributed by atoms with Crippen molar-refractivity contribution in [2.45, 2.75) is 226 Å². The monoisotopic (exact) mass is 575 g/mol. The molecule has 0 aromatic heterocycles. The van der Waals surface area contributed by atoms with E-state index < -0.39 is 0 Å². The van der Waals surface area contributed by atoms with E-state index in [1.807, 2.05) is 0 Å². The maximum absolute atomic E-state index is 2.72. The van der Waals surface area contributed by atoms with Gasteiger partial charge in [0, 0.05) is 25.5 Å². The lowest BCUT2D eigenvalue weighted by Crippen LogP contribution is -2.39. The molecule has 1 rings (SSSR count). The summed E-state index contributed by atoms with van der Waals surface area (Å²) in [7, 11) is 0. The number of hydrogen-bond donors (Lipinski definition) is 0. The number of unbranched alkanes of at least 4 members (excludes halogenated alkanes) is 27. The predicted octanol–water partition coefficient (Wildman–Crippen LogP) is 13.6. The molecular formula is C39H78N2. The van der Waals surface area contributed by atoms with E-state index >= 15 is 0 Å². The Balaban J connectivity index is 2.24. The minimum atomic E-state index is 0.640. The molecule has 0 fully saturated rings. The van der Waals surface area contributed by atoms with Crippen molar-refractivity contribution < 1.29 is 0 Å². The van der Waals surface area contributed by atoms with Gasteiger partial charge in [-0.05, 0) is 25.7 Å². The van der Waals surface area contributed by atoms with E-state index in [4.69, 9.17) is 0 Å². The largest absolute Gasteiger partial charge is 0.356 e. The highest BCUT2D eigenvalue weighted by Crippen LogP contribution is 2.24. The third-order valence-electron chi connectivity index (χ3n) is 9.57. The molecule has 1 aliphatic rings. The van der Waals surface area contributed by atoms with E-state index in [1.165, 1.54) is 212 Å². The average molecular weight is 575 g/mol. The van der Waals surface area contributed by atoms with Crippen LogP contribution in [0.25, 0.3) is 0 Å². The lowest BCUT2D eigenvalue weighted by Gasteiger charge is -2.33. The van der Waals surface area contributed by atoms with Crippen molar-refractivity contribution in [2.75, 3.05) is 13.1 Å². The Morgan fingerprint density at radius 3 is 0.854 bits per heavy atom. The molecule has 1 heterocycles. The van der Waals surface area contributed by atoms with Crippen molar-refractivity contribution in [2.24, 2.45) is 0 Å². The van der Waals surface area contributed by atoms with Gasteiger partial charge in [0.25, 0.3) is 0 Å². The predicted molar refractivity (Wildman–Crippen MR) is 186 cm³/mol. The van der Waals surface area contributed by atoms with Crippen LogP contribution in [0.1, 0.15) is 220 Å². The number of nitrogens with zero attached hydrogens (tertiary/aromatic N) is 2. The molecule has 0 amide bonds. The molecule has 0 saturated carbocycles. The standard InChI is InChI=1S/C39H78N2/c1-4-7-10-13-16-19-21-22-25-28-31-34-39-40(35-32-29-26-23-18-15-12-9-6-3)37-38-41(39)36-33-30-27-24-20-17-14-11-8-5-2/h37-39H,4-36H2,1-3H3. The summed E-state index contributed by atoms with van der Waals surface area (Å²) in [6.07, 6.45) is 49.9. The summed E-state index contributed by atoms with van der Waals surface area (Å²) in [6.45, 7) is 9.48. The Hall–Kier alpha value is -0.660. The second-order valence-corrected chi connectivity index (χ2v) is 13.6. The molecule has 0 spiro atoms. The lowest BCUT2D eigenvalue weighted by atomic mass is 10.0. The van der Waals surface area contributed by atoms with Crippen molar-refractivity contribution >= 4 is 0 Å². The third-order valence-corrected chi connectivity index (χ3v) is 9.57. The van der Waals surface area contributed by atoms with Crippen LogP contribution in [0.5, 0.6) is 0 Å². The molecule has 244 valence electrons. The molecule has 0 aliphatic carbocycles. The van der Waals surface area contributed by atoms with Crippen LogP contribution < -0.4 is 0 Å². The molecule has 1 atom stereocenters. The molecule has 1 aliphatic heterocycles. The fraction of sp³-hybridized carbons (Fsp3) is 0.949. The van der Waals surface area contributed by atoms with Gasteiger partial charge in [-0.25, -0.2) is 0 Å². The van der Waals surface area contributed by atoms with Gasteiger partial charge in [-0.3, -0.25) is 0 Å². The highest BCUT2D eigenvalue weighted by Gasteiger charge is 2.24. The number of hydrogen-bond acceptors (Lipinski definition) is 2. The zero-order chi connectivity index (χ0) is 29.5. The zero-order valence-electron chi connectivity index (χ0n) is 29.0. The van der Waals surface area contributed by atoms with Gasteiger partial charge in [0.1, 0.15) is 6.17 Å². The maximum Gasteiger partial charge on any atom is 0.101 e. The minimum absolute atomic E-state index is 0.640. The Morgan fingerprint density at radius 2 is 0.561 bits per heavy atom. The molecule has 0 aromatic carbocycles. The summed E-state index contributed by atoms with van der Waals surface area (Å²) in [6, 6.07) is 0. The first-order chi connectivity index (χ1) is 20.3. The highest BCUT2D eigenvalue weighted by atomic mass is 15.4. The van der Waals surface area contributed by atoms with Crippen molar-refractivity contribution in [3.05, 3.63) is 12.4 Å². The van der Waals surface area contributed by atoms with Crippen LogP contribution in [-0.4, -0.2) is 29.1 Å². The van der Waals surface area contributed by atoms with Crippen LogP contribution >= 0.6 is 0 Å². The van der Waals surface area contributed by atoms with E-state index in [0.717, 1.165) is 0 Å². The second kappa shape index (κ2) is 30.8. The molecule has 0 aromatic rings. The molecule has 0 saturated heterocycles. The molecule has 2 nitrogen and oxygen atoms in total. The highest BCUT2D eigenvalue weighted by molar-refractivity contribution is 4.97. The fourth-order valence-corrected chi connectivity index (χ4v) is 6.72. The van der Waals surface area contributed by atoms with Gasteiger partial charge in [-0.1, -0.05) is 194 Å². The van der Waals surface area contributed by atoms with Crippen molar-refractivity contribution in [3.8, 4) is 0 Å². The van der Waals surface area contributed by atoms with Crippen molar-refractivity contribution in [1.29, 1.82) is 0 Å². The van der Waals surface area contributed by atoms with Crippen LogP contribution in [0.4, 0.5) is 0 Å². The van der Waals surface area contributed by atoms with Gasteiger partial charge >= 0.3 is 0 Å². The summed E-state index contributed by atoms with van der Waals surface area (Å²) in [4.78, 5) is 5.43. The summed E-state index contributed by atoms with van der Waals surface area (Å²) in [5, 5.41) is 0. The SMILES string of the molecule is CCCCCCCCCCCCCC1N(CCCCCCCCCCC)C=CN1CCCCCCCCCCCC. The summed E-state index contributed by atoms with van der Waals surface area (Å²) >= 11 is 0. The van der Waals surface area contributed by atoms with E-state index in [0.29, 0.717) is 6.17 Å². The van der Waals surface area contributed by atoms with Crippen molar-refractivity contribution in [3.63, 3.8) is 0 Å². The van der Waals surface area contributed by atoms with Gasteiger partial charge in [0.05, 0.1) is 0 Å².